The molecule has 1 saturated heterocycles. The number of alkyl halides is 1. The molecular weight excluding hydrogens is 380 g/mol. The number of carbonyl (C=O) groups excluding carboxylic acids is 2. The van der Waals surface area contributed by atoms with Gasteiger partial charge in [-0.05, 0) is 30.7 Å². The molecule has 3 unspecified atom stereocenters. The van der Waals surface area contributed by atoms with Gasteiger partial charge in [0, 0.05) is 35.3 Å². The lowest BCUT2D eigenvalue weighted by molar-refractivity contribution is -0.107. The second kappa shape index (κ2) is 8.11. The van der Waals surface area contributed by atoms with Crippen LogP contribution in [0.25, 0.3) is 10.6 Å². The number of likely N-dealkylation sites (tertiary alicyclic amines) is 1. The Morgan fingerprint density at radius 1 is 1.26 bits per heavy atom. The average molecular weight is 403 g/mol. The molecule has 2 heterocycles. The Balaban J connectivity index is 1.58. The van der Waals surface area contributed by atoms with E-state index in [0.717, 1.165) is 48.1 Å². The van der Waals surface area contributed by atoms with Crippen molar-refractivity contribution in [2.24, 2.45) is 5.92 Å². The van der Waals surface area contributed by atoms with Crippen molar-refractivity contribution in [2.75, 3.05) is 6.54 Å². The van der Waals surface area contributed by atoms with Gasteiger partial charge in [0.05, 0.1) is 0 Å². The maximum atomic E-state index is 13.2. The fourth-order valence-electron chi connectivity index (χ4n) is 4.48. The molecule has 0 radical (unpaired) electrons. The number of thiazole rings is 1. The zero-order chi connectivity index (χ0) is 18.8. The number of aldehydes is 1. The number of rotatable bonds is 4. The lowest BCUT2D eigenvalue weighted by Crippen LogP contribution is -2.53. The topological polar surface area (TPSA) is 50.3 Å². The maximum absolute atomic E-state index is 13.2. The van der Waals surface area contributed by atoms with E-state index < -0.39 is 0 Å². The highest BCUT2D eigenvalue weighted by Gasteiger charge is 2.41. The molecule has 1 aliphatic carbocycles. The summed E-state index contributed by atoms with van der Waals surface area (Å²) in [7, 11) is 0. The summed E-state index contributed by atoms with van der Waals surface area (Å²) in [5, 5.41) is 2.82. The van der Waals surface area contributed by atoms with Crippen molar-refractivity contribution in [2.45, 2.75) is 49.9 Å². The number of benzene rings is 1. The number of hydrogen-bond acceptors (Lipinski definition) is 4. The minimum absolute atomic E-state index is 0.0193. The maximum Gasteiger partial charge on any atom is 0.273 e. The summed E-state index contributed by atoms with van der Waals surface area (Å²) >= 11 is 8.02. The fourth-order valence-corrected chi connectivity index (χ4v) is 5.73. The van der Waals surface area contributed by atoms with Gasteiger partial charge in [-0.1, -0.05) is 37.1 Å². The van der Waals surface area contributed by atoms with E-state index in [-0.39, 0.29) is 17.3 Å². The van der Waals surface area contributed by atoms with Crippen LogP contribution in [0.1, 0.15) is 48.2 Å². The van der Waals surface area contributed by atoms with Crippen LogP contribution in [-0.2, 0) is 11.2 Å². The van der Waals surface area contributed by atoms with Crippen molar-refractivity contribution in [3.8, 4) is 10.6 Å². The Labute approximate surface area is 168 Å². The Hall–Kier alpha value is -1.72. The third-order valence-electron chi connectivity index (χ3n) is 5.83. The molecule has 1 aromatic heterocycles. The summed E-state index contributed by atoms with van der Waals surface area (Å²) in [4.78, 5) is 30.8. The van der Waals surface area contributed by atoms with E-state index in [0.29, 0.717) is 24.6 Å². The van der Waals surface area contributed by atoms with E-state index in [9.17, 15) is 9.59 Å². The highest BCUT2D eigenvalue weighted by Crippen LogP contribution is 2.39. The van der Waals surface area contributed by atoms with Gasteiger partial charge in [0.15, 0.2) is 0 Å². The zero-order valence-corrected chi connectivity index (χ0v) is 16.7. The van der Waals surface area contributed by atoms with Crippen molar-refractivity contribution in [3.63, 3.8) is 0 Å². The van der Waals surface area contributed by atoms with Crippen LogP contribution in [0.5, 0.6) is 0 Å². The van der Waals surface area contributed by atoms with Gasteiger partial charge in [-0.3, -0.25) is 4.79 Å². The van der Waals surface area contributed by atoms with E-state index in [1.807, 2.05) is 34.5 Å². The number of aromatic nitrogens is 1. The Kier molecular flexibility index (Phi) is 5.60. The Morgan fingerprint density at radius 2 is 2.07 bits per heavy atom. The first-order valence-electron chi connectivity index (χ1n) is 9.61. The molecule has 0 N–H and O–H groups in total. The number of fused-ring (bicyclic) bond motifs is 1. The minimum atomic E-state index is 0.0193. The number of nitrogens with zero attached hydrogens (tertiary/aromatic N) is 2. The van der Waals surface area contributed by atoms with Crippen molar-refractivity contribution in [1.29, 1.82) is 0 Å². The molecule has 0 spiro atoms. The molecule has 27 heavy (non-hydrogen) atoms. The van der Waals surface area contributed by atoms with Crippen molar-refractivity contribution in [3.05, 3.63) is 40.9 Å². The van der Waals surface area contributed by atoms with Crippen LogP contribution in [0.4, 0.5) is 0 Å². The van der Waals surface area contributed by atoms with Crippen LogP contribution in [-0.4, -0.2) is 40.0 Å². The first-order chi connectivity index (χ1) is 13.2. The van der Waals surface area contributed by atoms with Gasteiger partial charge in [-0.25, -0.2) is 4.98 Å². The van der Waals surface area contributed by atoms with Crippen LogP contribution in [0.3, 0.4) is 0 Å². The molecule has 1 saturated carbocycles. The average Bonchev–Trinajstić information content (AvgIpc) is 3.19. The quantitative estimate of drug-likeness (QED) is 0.556. The molecule has 142 valence electrons. The molecule has 1 amide bonds. The van der Waals surface area contributed by atoms with Crippen LogP contribution >= 0.6 is 22.9 Å². The van der Waals surface area contributed by atoms with Gasteiger partial charge in [0.1, 0.15) is 17.0 Å². The van der Waals surface area contributed by atoms with Crippen LogP contribution in [0.15, 0.2) is 29.6 Å². The molecular formula is C21H23ClN2O2S. The molecule has 2 fully saturated rings. The molecule has 0 bridgehead atoms. The van der Waals surface area contributed by atoms with Gasteiger partial charge >= 0.3 is 0 Å². The highest BCUT2D eigenvalue weighted by atomic mass is 35.5. The summed E-state index contributed by atoms with van der Waals surface area (Å²) < 4.78 is 0. The number of amides is 1. The first-order valence-corrected chi connectivity index (χ1v) is 10.9. The monoisotopic (exact) mass is 402 g/mol. The molecule has 2 aromatic rings. The summed E-state index contributed by atoms with van der Waals surface area (Å²) in [6.45, 7) is 0.711. The summed E-state index contributed by atoms with van der Waals surface area (Å²) in [6, 6.07) is 7.99. The van der Waals surface area contributed by atoms with Crippen molar-refractivity contribution >= 4 is 35.1 Å². The number of piperidine rings is 1. The lowest BCUT2D eigenvalue weighted by atomic mass is 9.78. The standard InChI is InChI=1S/C21H23ClN2O2S/c22-17-9-11-24(19-8-4-3-7-16(17)19)21(26)18-13-27-20(23-18)15-6-2-1-5-14(15)10-12-25/h1-2,5-6,12-13,16-17,19H,3-4,7-11H2. The van der Waals surface area contributed by atoms with E-state index >= 15 is 0 Å². The molecule has 4 rings (SSSR count). The molecule has 1 aliphatic heterocycles. The van der Waals surface area contributed by atoms with Crippen LogP contribution < -0.4 is 0 Å². The normalized spacial score (nSPS) is 25.1. The first kappa shape index (κ1) is 18.6. The summed E-state index contributed by atoms with van der Waals surface area (Å²) in [5.41, 5.74) is 2.38. The van der Waals surface area contributed by atoms with Gasteiger partial charge in [0.25, 0.3) is 5.91 Å². The molecule has 1 aromatic carbocycles. The summed E-state index contributed by atoms with van der Waals surface area (Å²) in [5.74, 6) is 0.426. The smallest absolute Gasteiger partial charge is 0.273 e. The van der Waals surface area contributed by atoms with E-state index in [1.165, 1.54) is 17.8 Å². The van der Waals surface area contributed by atoms with Crippen LogP contribution in [0, 0.1) is 5.92 Å². The van der Waals surface area contributed by atoms with E-state index in [1.54, 1.807) is 0 Å². The second-order valence-electron chi connectivity index (χ2n) is 7.38. The fraction of sp³-hybridized carbons (Fsp3) is 0.476. The third kappa shape index (κ3) is 3.67. The Bertz CT molecular complexity index is 837. The predicted molar refractivity (Wildman–Crippen MR) is 108 cm³/mol. The van der Waals surface area contributed by atoms with E-state index in [4.69, 9.17) is 11.6 Å². The number of carbonyl (C=O) groups is 2. The van der Waals surface area contributed by atoms with Crippen molar-refractivity contribution < 1.29 is 9.59 Å². The van der Waals surface area contributed by atoms with E-state index in [2.05, 4.69) is 4.98 Å². The zero-order valence-electron chi connectivity index (χ0n) is 15.1. The number of hydrogen-bond donors (Lipinski definition) is 0. The third-order valence-corrected chi connectivity index (χ3v) is 7.24. The predicted octanol–water partition coefficient (Wildman–Crippen LogP) is 4.56. The molecule has 6 heteroatoms. The van der Waals surface area contributed by atoms with Crippen LogP contribution in [0.2, 0.25) is 0 Å². The lowest BCUT2D eigenvalue weighted by Gasteiger charge is -2.46. The second-order valence-corrected chi connectivity index (χ2v) is 8.80. The summed E-state index contributed by atoms with van der Waals surface area (Å²) in [6.07, 6.45) is 6.64. The molecule has 3 atom stereocenters. The Morgan fingerprint density at radius 3 is 2.93 bits per heavy atom. The number of halogens is 1. The highest BCUT2D eigenvalue weighted by molar-refractivity contribution is 7.13. The molecule has 2 aliphatic rings. The van der Waals surface area contributed by atoms with Crippen molar-refractivity contribution in [1.82, 2.24) is 9.88 Å². The van der Waals surface area contributed by atoms with Gasteiger partial charge < -0.3 is 9.69 Å². The largest absolute Gasteiger partial charge is 0.334 e. The SMILES string of the molecule is O=CCc1ccccc1-c1nc(C(=O)N2CCC(Cl)C3CCCCC32)cs1. The van der Waals surface area contributed by atoms with Gasteiger partial charge in [0.2, 0.25) is 0 Å². The van der Waals surface area contributed by atoms with Gasteiger partial charge in [-0.2, -0.15) is 0 Å². The molecule has 4 nitrogen and oxygen atoms in total. The van der Waals surface area contributed by atoms with Gasteiger partial charge in [-0.15, -0.1) is 22.9 Å². The minimum Gasteiger partial charge on any atom is -0.334 e.